The van der Waals surface area contributed by atoms with E-state index in [-0.39, 0.29) is 23.5 Å². The van der Waals surface area contributed by atoms with E-state index >= 15 is 0 Å². The molecule has 0 spiro atoms. The normalized spacial score (nSPS) is 15.7. The second-order valence-corrected chi connectivity index (χ2v) is 5.12. The molecule has 2 aromatic rings. The molecule has 0 saturated carbocycles. The van der Waals surface area contributed by atoms with Crippen molar-refractivity contribution in [2.45, 2.75) is 0 Å². The number of aliphatic imine (C=N–C) groups is 1. The number of amidine groups is 1. The van der Waals surface area contributed by atoms with Crippen LogP contribution in [-0.2, 0) is 0 Å². The highest BCUT2D eigenvalue weighted by atomic mass is 79.9. The minimum Gasteiger partial charge on any atom is -1.00 e. The summed E-state index contributed by atoms with van der Waals surface area (Å²) in [5, 5.41) is 13.8. The lowest BCUT2D eigenvalue weighted by molar-refractivity contribution is -0.0120. The van der Waals surface area contributed by atoms with E-state index < -0.39 is 0 Å². The van der Waals surface area contributed by atoms with Crippen LogP contribution in [0.15, 0.2) is 58.5 Å². The number of hydrogen-bond donors (Lipinski definition) is 1. The molecule has 0 unspecified atom stereocenters. The number of halogens is 2. The number of fused-ring (bicyclic) bond motifs is 1. The third-order valence-corrected chi connectivity index (χ3v) is 3.55. The average Bonchev–Trinajstić information content (AvgIpc) is 2.63. The van der Waals surface area contributed by atoms with Crippen LogP contribution in [0.25, 0.3) is 5.70 Å². The van der Waals surface area contributed by atoms with Crippen LogP contribution in [0.4, 0.5) is 0 Å². The zero-order valence-corrected chi connectivity index (χ0v) is 14.2. The lowest BCUT2D eigenvalue weighted by Crippen LogP contribution is -3.00. The molecule has 4 nitrogen and oxygen atoms in total. The van der Waals surface area contributed by atoms with Crippen molar-refractivity contribution in [2.75, 3.05) is 13.6 Å². The molecule has 0 atom stereocenters. The Hall–Kier alpha value is -1.69. The summed E-state index contributed by atoms with van der Waals surface area (Å²) in [5.74, 6) is 0.562. The Bertz CT molecular complexity index is 821. The molecule has 1 heterocycles. The van der Waals surface area contributed by atoms with Crippen molar-refractivity contribution < 1.29 is 22.2 Å². The third-order valence-electron chi connectivity index (χ3n) is 3.32. The molecule has 0 amide bonds. The van der Waals surface area contributed by atoms with Gasteiger partial charge in [-0.05, 0) is 18.2 Å². The van der Waals surface area contributed by atoms with Crippen molar-refractivity contribution in [3.8, 4) is 0 Å². The summed E-state index contributed by atoms with van der Waals surface area (Å²) in [6.45, 7) is 0.229. The minimum atomic E-state index is 0. The summed E-state index contributed by atoms with van der Waals surface area (Å²) in [4.78, 5) is 8.60. The highest BCUT2D eigenvalue weighted by Crippen LogP contribution is 2.15. The number of hydroxylamine groups is 2. The Morgan fingerprint density at radius 1 is 1.18 bits per heavy atom. The lowest BCUT2D eigenvalue weighted by atomic mass is 10.1. The fraction of sp³-hybridized carbons (Fsp3) is 0.125. The number of rotatable bonds is 1. The second kappa shape index (κ2) is 7.05. The van der Waals surface area contributed by atoms with Crippen LogP contribution in [-0.4, -0.2) is 29.7 Å². The van der Waals surface area contributed by atoms with Crippen molar-refractivity contribution in [2.24, 2.45) is 9.98 Å². The summed E-state index contributed by atoms with van der Waals surface area (Å²) in [5.41, 5.74) is 1.58. The van der Waals surface area contributed by atoms with Gasteiger partial charge in [-0.3, -0.25) is 10.2 Å². The van der Waals surface area contributed by atoms with Gasteiger partial charge >= 0.3 is 0 Å². The first-order valence-electron chi connectivity index (χ1n) is 6.55. The third kappa shape index (κ3) is 3.21. The predicted molar refractivity (Wildman–Crippen MR) is 83.0 cm³/mol. The molecule has 1 aliphatic rings. The van der Waals surface area contributed by atoms with Crippen LogP contribution in [0.3, 0.4) is 0 Å². The van der Waals surface area contributed by atoms with Gasteiger partial charge in [0.15, 0.2) is 0 Å². The molecule has 0 aliphatic carbocycles. The van der Waals surface area contributed by atoms with E-state index in [4.69, 9.17) is 11.6 Å². The largest absolute Gasteiger partial charge is 1.00 e. The fourth-order valence-electron chi connectivity index (χ4n) is 2.34. The summed E-state index contributed by atoms with van der Waals surface area (Å²) in [6.07, 6.45) is 0. The molecule has 0 fully saturated rings. The number of hydrogen-bond acceptors (Lipinski definition) is 3. The second-order valence-electron chi connectivity index (χ2n) is 4.69. The highest BCUT2D eigenvalue weighted by molar-refractivity contribution is 6.30. The molecule has 0 aromatic heterocycles. The molecule has 0 bridgehead atoms. The van der Waals surface area contributed by atoms with E-state index in [1.54, 1.807) is 13.1 Å². The highest BCUT2D eigenvalue weighted by Gasteiger charge is 2.17. The minimum absolute atomic E-state index is 0. The molecule has 0 radical (unpaired) electrons. The lowest BCUT2D eigenvalue weighted by Gasteiger charge is -2.19. The topological polar surface area (TPSA) is 48.2 Å². The molecule has 6 heteroatoms. The van der Waals surface area contributed by atoms with Crippen molar-refractivity contribution in [3.63, 3.8) is 0 Å². The average molecular weight is 380 g/mol. The van der Waals surface area contributed by atoms with Crippen molar-refractivity contribution >= 4 is 23.1 Å². The summed E-state index contributed by atoms with van der Waals surface area (Å²) in [6, 6.07) is 15.1. The Kier molecular flexibility index (Phi) is 5.34. The maximum absolute atomic E-state index is 10.5. The molecule has 0 saturated heterocycles. The van der Waals surface area contributed by atoms with Crippen molar-refractivity contribution in [3.05, 3.63) is 69.7 Å². The molecule has 114 valence electrons. The van der Waals surface area contributed by atoms with Gasteiger partial charge < -0.3 is 17.0 Å². The van der Waals surface area contributed by atoms with Gasteiger partial charge in [0.25, 0.3) is 0 Å². The van der Waals surface area contributed by atoms with E-state index in [9.17, 15) is 5.21 Å². The van der Waals surface area contributed by atoms with Gasteiger partial charge in [0.05, 0.1) is 11.1 Å². The zero-order chi connectivity index (χ0) is 14.8. The molecule has 1 N–H and O–H groups in total. The Balaban J connectivity index is 0.00000176. The maximum atomic E-state index is 10.5. The van der Waals surface area contributed by atoms with Crippen molar-refractivity contribution in [1.29, 1.82) is 0 Å². The molecule has 2 aromatic carbocycles. The van der Waals surface area contributed by atoms with Gasteiger partial charge in [0.2, 0.25) is 0 Å². The van der Waals surface area contributed by atoms with Gasteiger partial charge in [0, 0.05) is 22.9 Å². The van der Waals surface area contributed by atoms with Gasteiger partial charge in [-0.25, -0.2) is 10.1 Å². The van der Waals surface area contributed by atoms with Gasteiger partial charge in [-0.2, -0.15) is 0 Å². The summed E-state index contributed by atoms with van der Waals surface area (Å²) >= 11 is 6.12. The SMILES string of the molecule is CN=C1CN(O)C(c2ccccc2)=c2cc(Cl)ccc2=N1.[Br-]. The van der Waals surface area contributed by atoms with Crippen LogP contribution in [0.2, 0.25) is 5.02 Å². The Labute approximate surface area is 143 Å². The molecule has 22 heavy (non-hydrogen) atoms. The first-order valence-corrected chi connectivity index (χ1v) is 6.93. The first kappa shape index (κ1) is 16.7. The molecule has 1 aliphatic heterocycles. The summed E-state index contributed by atoms with van der Waals surface area (Å²) in [7, 11) is 1.66. The van der Waals surface area contributed by atoms with Gasteiger partial charge in [-0.1, -0.05) is 41.9 Å². The fourth-order valence-corrected chi connectivity index (χ4v) is 2.52. The van der Waals surface area contributed by atoms with E-state index in [1.165, 1.54) is 5.06 Å². The van der Waals surface area contributed by atoms with Crippen LogP contribution < -0.4 is 27.6 Å². The molecule has 3 rings (SSSR count). The van der Waals surface area contributed by atoms with E-state index in [0.717, 1.165) is 16.1 Å². The number of benzene rings is 2. The Morgan fingerprint density at radius 3 is 2.59 bits per heavy atom. The number of nitrogens with zero attached hydrogens (tertiary/aromatic N) is 3. The van der Waals surface area contributed by atoms with E-state index in [2.05, 4.69) is 9.98 Å². The van der Waals surface area contributed by atoms with Crippen molar-refractivity contribution in [1.82, 2.24) is 5.06 Å². The van der Waals surface area contributed by atoms with E-state index in [1.807, 2.05) is 42.5 Å². The first-order chi connectivity index (χ1) is 10.2. The monoisotopic (exact) mass is 378 g/mol. The summed E-state index contributed by atoms with van der Waals surface area (Å²) < 4.78 is 0. The van der Waals surface area contributed by atoms with Gasteiger partial charge in [-0.15, -0.1) is 0 Å². The predicted octanol–water partition coefficient (Wildman–Crippen LogP) is -1.15. The Morgan fingerprint density at radius 2 is 1.91 bits per heavy atom. The maximum Gasteiger partial charge on any atom is 0.145 e. The van der Waals surface area contributed by atoms with Crippen LogP contribution in [0, 0.1) is 0 Å². The standard InChI is InChI=1S/C16H14ClN3O.BrH/c1-18-15-10-20(21)16(11-5-3-2-4-6-11)13-9-12(17)7-8-14(13)19-15;/h2-9,21H,10H2,1H3;1H/p-1. The smallest absolute Gasteiger partial charge is 0.145 e. The molecular weight excluding hydrogens is 366 g/mol. The van der Waals surface area contributed by atoms with Crippen LogP contribution in [0.1, 0.15) is 5.56 Å². The van der Waals surface area contributed by atoms with E-state index in [0.29, 0.717) is 16.6 Å². The zero-order valence-electron chi connectivity index (χ0n) is 11.9. The van der Waals surface area contributed by atoms with Gasteiger partial charge in [0.1, 0.15) is 12.4 Å². The van der Waals surface area contributed by atoms with Crippen LogP contribution >= 0.6 is 11.6 Å². The quantitative estimate of drug-likeness (QED) is 0.680. The van der Waals surface area contributed by atoms with Crippen LogP contribution in [0.5, 0.6) is 0 Å². The molecular formula is C16H14BrClN3O-.